The van der Waals surface area contributed by atoms with Gasteiger partial charge in [0.25, 0.3) is 5.91 Å². The van der Waals surface area contributed by atoms with Gasteiger partial charge in [-0.1, -0.05) is 15.9 Å². The summed E-state index contributed by atoms with van der Waals surface area (Å²) in [6.07, 6.45) is 3.49. The fraction of sp³-hybridized carbons (Fsp3) is 0.167. The number of carbonyl (C=O) groups excluding carboxylic acids is 1. The molecule has 0 bridgehead atoms. The number of rotatable bonds is 3. The maximum atomic E-state index is 12.3. The van der Waals surface area contributed by atoms with Crippen molar-refractivity contribution in [2.75, 3.05) is 7.05 Å². The minimum Gasteiger partial charge on any atom is -0.337 e. The van der Waals surface area contributed by atoms with Gasteiger partial charge in [-0.3, -0.25) is 9.89 Å². The molecule has 1 amide bonds. The number of hydrogen-bond donors (Lipinski definition) is 1. The molecule has 1 aromatic heterocycles. The lowest BCUT2D eigenvalue weighted by atomic mass is 10.2. The molecule has 0 saturated carbocycles. The van der Waals surface area contributed by atoms with Crippen molar-refractivity contribution in [2.45, 2.75) is 6.54 Å². The second kappa shape index (κ2) is 5.67. The van der Waals surface area contributed by atoms with Gasteiger partial charge in [-0.15, -0.1) is 0 Å². The molecule has 0 unspecified atom stereocenters. The zero-order valence-electron chi connectivity index (χ0n) is 9.65. The molecule has 0 radical (unpaired) electrons. The molecule has 0 spiro atoms. The van der Waals surface area contributed by atoms with Crippen molar-refractivity contribution in [3.05, 3.63) is 50.7 Å². The molecule has 0 fully saturated rings. The number of nitrogens with one attached hydrogen (secondary N) is 1. The summed E-state index contributed by atoms with van der Waals surface area (Å²) >= 11 is 6.76. The lowest BCUT2D eigenvalue weighted by Gasteiger charge is -2.17. The van der Waals surface area contributed by atoms with E-state index in [9.17, 15) is 4.79 Å². The molecule has 0 atom stereocenters. The molecule has 0 aliphatic heterocycles. The number of H-pyrrole nitrogens is 1. The van der Waals surface area contributed by atoms with E-state index in [1.165, 1.54) is 0 Å². The monoisotopic (exact) mass is 371 g/mol. The Balaban J connectivity index is 2.15. The third kappa shape index (κ3) is 3.00. The summed E-state index contributed by atoms with van der Waals surface area (Å²) < 4.78 is 1.71. The minimum atomic E-state index is -0.0319. The van der Waals surface area contributed by atoms with Crippen LogP contribution in [0.25, 0.3) is 0 Å². The molecule has 1 aromatic carbocycles. The maximum absolute atomic E-state index is 12.3. The maximum Gasteiger partial charge on any atom is 0.255 e. The van der Waals surface area contributed by atoms with Gasteiger partial charge in [0.15, 0.2) is 0 Å². The Labute approximate surface area is 122 Å². The Bertz CT molecular complexity index is 554. The molecule has 6 heteroatoms. The number of halogens is 2. The van der Waals surface area contributed by atoms with Gasteiger partial charge in [0.2, 0.25) is 0 Å². The number of nitrogens with zero attached hydrogens (tertiary/aromatic N) is 2. The summed E-state index contributed by atoms with van der Waals surface area (Å²) in [5, 5.41) is 6.59. The van der Waals surface area contributed by atoms with Crippen LogP contribution in [0.15, 0.2) is 39.5 Å². The first-order valence-electron chi connectivity index (χ1n) is 5.26. The highest BCUT2D eigenvalue weighted by Gasteiger charge is 2.15. The van der Waals surface area contributed by atoms with Crippen LogP contribution in [0.5, 0.6) is 0 Å². The first-order chi connectivity index (χ1) is 8.58. The Morgan fingerprint density at radius 3 is 2.83 bits per heavy atom. The molecule has 94 valence electrons. The summed E-state index contributed by atoms with van der Waals surface area (Å²) in [4.78, 5) is 13.9. The Morgan fingerprint density at radius 2 is 2.22 bits per heavy atom. The normalized spacial score (nSPS) is 10.4. The Morgan fingerprint density at radius 1 is 1.44 bits per heavy atom. The van der Waals surface area contributed by atoms with E-state index in [1.54, 1.807) is 30.4 Å². The van der Waals surface area contributed by atoms with Crippen molar-refractivity contribution in [1.82, 2.24) is 15.1 Å². The van der Waals surface area contributed by atoms with Crippen LogP contribution in [0.2, 0.25) is 0 Å². The van der Waals surface area contributed by atoms with E-state index in [0.717, 1.165) is 14.5 Å². The predicted octanol–water partition coefficient (Wildman–Crippen LogP) is 3.21. The summed E-state index contributed by atoms with van der Waals surface area (Å²) in [6.45, 7) is 0.526. The largest absolute Gasteiger partial charge is 0.337 e. The zero-order valence-corrected chi connectivity index (χ0v) is 12.8. The quantitative estimate of drug-likeness (QED) is 0.899. The molecule has 0 aliphatic carbocycles. The van der Waals surface area contributed by atoms with Crippen LogP contribution < -0.4 is 0 Å². The molecule has 2 rings (SSSR count). The van der Waals surface area contributed by atoms with Gasteiger partial charge in [-0.2, -0.15) is 5.10 Å². The predicted molar refractivity (Wildman–Crippen MR) is 76.2 cm³/mol. The van der Waals surface area contributed by atoms with Crippen LogP contribution in [0, 0.1) is 0 Å². The number of benzene rings is 1. The third-order valence-electron chi connectivity index (χ3n) is 2.48. The van der Waals surface area contributed by atoms with Crippen molar-refractivity contribution in [3.63, 3.8) is 0 Å². The standard InChI is InChI=1S/C12H11Br2N3O/c1-17(7-8-5-15-16-6-8)12(18)10-3-2-9(13)4-11(10)14/h2-6H,7H2,1H3,(H,15,16). The number of aromatic nitrogens is 2. The second-order valence-corrected chi connectivity index (χ2v) is 5.66. The number of aromatic amines is 1. The lowest BCUT2D eigenvalue weighted by molar-refractivity contribution is 0.0784. The molecule has 1 heterocycles. The van der Waals surface area contributed by atoms with Gasteiger partial charge >= 0.3 is 0 Å². The van der Waals surface area contributed by atoms with Gasteiger partial charge in [-0.05, 0) is 34.1 Å². The van der Waals surface area contributed by atoms with Crippen molar-refractivity contribution < 1.29 is 4.79 Å². The Kier molecular flexibility index (Phi) is 4.19. The summed E-state index contributed by atoms with van der Waals surface area (Å²) in [5.41, 5.74) is 1.61. The van der Waals surface area contributed by atoms with Gasteiger partial charge in [0.1, 0.15) is 0 Å². The van der Waals surface area contributed by atoms with Crippen LogP contribution in [-0.2, 0) is 6.54 Å². The average Bonchev–Trinajstić information content (AvgIpc) is 2.81. The number of carbonyl (C=O) groups is 1. The lowest BCUT2D eigenvalue weighted by Crippen LogP contribution is -2.26. The van der Waals surface area contributed by atoms with E-state index in [2.05, 4.69) is 42.1 Å². The van der Waals surface area contributed by atoms with Crippen LogP contribution in [0.1, 0.15) is 15.9 Å². The van der Waals surface area contributed by atoms with Crippen molar-refractivity contribution in [3.8, 4) is 0 Å². The van der Waals surface area contributed by atoms with Crippen LogP contribution in [0.3, 0.4) is 0 Å². The molecule has 0 aliphatic rings. The van der Waals surface area contributed by atoms with Crippen molar-refractivity contribution in [1.29, 1.82) is 0 Å². The fourth-order valence-electron chi connectivity index (χ4n) is 1.58. The highest BCUT2D eigenvalue weighted by atomic mass is 79.9. The van der Waals surface area contributed by atoms with E-state index in [1.807, 2.05) is 12.1 Å². The van der Waals surface area contributed by atoms with Gasteiger partial charge < -0.3 is 4.90 Å². The third-order valence-corrected chi connectivity index (χ3v) is 3.63. The highest BCUT2D eigenvalue weighted by Crippen LogP contribution is 2.23. The van der Waals surface area contributed by atoms with Crippen molar-refractivity contribution in [2.24, 2.45) is 0 Å². The van der Waals surface area contributed by atoms with Crippen LogP contribution in [-0.4, -0.2) is 28.1 Å². The van der Waals surface area contributed by atoms with E-state index in [-0.39, 0.29) is 5.91 Å². The SMILES string of the molecule is CN(Cc1cn[nH]c1)C(=O)c1ccc(Br)cc1Br. The van der Waals surface area contributed by atoms with Gasteiger partial charge in [0, 0.05) is 34.3 Å². The van der Waals surface area contributed by atoms with Crippen LogP contribution in [0.4, 0.5) is 0 Å². The van der Waals surface area contributed by atoms with Gasteiger partial charge in [-0.25, -0.2) is 0 Å². The molecular weight excluding hydrogens is 362 g/mol. The second-order valence-electron chi connectivity index (χ2n) is 3.89. The summed E-state index contributed by atoms with van der Waals surface area (Å²) in [6, 6.07) is 5.50. The molecule has 4 nitrogen and oxygen atoms in total. The van der Waals surface area contributed by atoms with Crippen LogP contribution >= 0.6 is 31.9 Å². The molecule has 18 heavy (non-hydrogen) atoms. The van der Waals surface area contributed by atoms with E-state index in [4.69, 9.17) is 0 Å². The first-order valence-corrected chi connectivity index (χ1v) is 6.84. The average molecular weight is 373 g/mol. The smallest absolute Gasteiger partial charge is 0.255 e. The fourth-order valence-corrected chi connectivity index (χ4v) is 2.79. The summed E-state index contributed by atoms with van der Waals surface area (Å²) in [7, 11) is 1.77. The molecule has 0 saturated heterocycles. The zero-order chi connectivity index (χ0) is 13.1. The molecule has 1 N–H and O–H groups in total. The highest BCUT2D eigenvalue weighted by molar-refractivity contribution is 9.11. The van der Waals surface area contributed by atoms with Crippen molar-refractivity contribution >= 4 is 37.8 Å². The molecule has 2 aromatic rings. The first kappa shape index (κ1) is 13.3. The van der Waals surface area contributed by atoms with E-state index in [0.29, 0.717) is 12.1 Å². The molecular formula is C12H11Br2N3O. The Hall–Kier alpha value is -1.14. The number of amides is 1. The van der Waals surface area contributed by atoms with E-state index >= 15 is 0 Å². The number of hydrogen-bond acceptors (Lipinski definition) is 2. The summed E-state index contributed by atoms with van der Waals surface area (Å²) in [5.74, 6) is -0.0319. The van der Waals surface area contributed by atoms with E-state index < -0.39 is 0 Å². The van der Waals surface area contributed by atoms with Gasteiger partial charge in [0.05, 0.1) is 11.8 Å². The topological polar surface area (TPSA) is 49.0 Å². The minimum absolute atomic E-state index is 0.0319.